The van der Waals surface area contributed by atoms with Gasteiger partial charge >= 0.3 is 6.03 Å². The van der Waals surface area contributed by atoms with Crippen LogP contribution in [0.3, 0.4) is 0 Å². The van der Waals surface area contributed by atoms with Crippen molar-refractivity contribution in [2.75, 3.05) is 11.9 Å². The molecule has 3 rings (SSSR count). The number of urea groups is 1. The van der Waals surface area contributed by atoms with Gasteiger partial charge < -0.3 is 10.6 Å². The van der Waals surface area contributed by atoms with Crippen LogP contribution in [-0.4, -0.2) is 12.6 Å². The van der Waals surface area contributed by atoms with Crippen LogP contribution in [0.4, 0.5) is 10.5 Å². The molecule has 0 radical (unpaired) electrons. The number of nitrogens with one attached hydrogen (secondary N) is 2. The standard InChI is InChI=1S/C19H22N2O/c22-19(20-14-13-15-7-2-1-3-8-15)21-18-12-6-10-16-9-4-5-11-17(16)18/h4-7,9-12H,1-3,8,13-14H2,(H2,20,21,22). The average Bonchev–Trinajstić information content (AvgIpc) is 2.56. The van der Waals surface area contributed by atoms with Gasteiger partial charge in [-0.05, 0) is 43.6 Å². The Labute approximate surface area is 131 Å². The van der Waals surface area contributed by atoms with E-state index in [9.17, 15) is 4.79 Å². The predicted molar refractivity (Wildman–Crippen MR) is 92.1 cm³/mol. The minimum Gasteiger partial charge on any atom is -0.338 e. The van der Waals surface area contributed by atoms with E-state index >= 15 is 0 Å². The van der Waals surface area contributed by atoms with Gasteiger partial charge in [-0.25, -0.2) is 4.79 Å². The Morgan fingerprint density at radius 2 is 1.91 bits per heavy atom. The van der Waals surface area contributed by atoms with Crippen LogP contribution < -0.4 is 10.6 Å². The van der Waals surface area contributed by atoms with E-state index in [0.29, 0.717) is 6.54 Å². The smallest absolute Gasteiger partial charge is 0.319 e. The molecule has 2 aromatic rings. The van der Waals surface area contributed by atoms with Gasteiger partial charge in [-0.2, -0.15) is 0 Å². The van der Waals surface area contributed by atoms with Gasteiger partial charge in [0.05, 0.1) is 5.69 Å². The first-order valence-corrected chi connectivity index (χ1v) is 8.03. The molecule has 0 aromatic heterocycles. The van der Waals surface area contributed by atoms with Gasteiger partial charge in [0.15, 0.2) is 0 Å². The first-order valence-electron chi connectivity index (χ1n) is 8.03. The molecule has 0 saturated heterocycles. The zero-order valence-corrected chi connectivity index (χ0v) is 12.8. The molecule has 0 spiro atoms. The summed E-state index contributed by atoms with van der Waals surface area (Å²) in [6.45, 7) is 0.697. The van der Waals surface area contributed by atoms with Crippen LogP contribution >= 0.6 is 0 Å². The molecule has 1 aliphatic rings. The molecule has 2 N–H and O–H groups in total. The molecule has 2 amide bonds. The third kappa shape index (κ3) is 3.67. The van der Waals surface area contributed by atoms with E-state index in [0.717, 1.165) is 22.9 Å². The molecule has 3 nitrogen and oxygen atoms in total. The molecule has 1 aliphatic carbocycles. The maximum absolute atomic E-state index is 12.1. The van der Waals surface area contributed by atoms with Crippen LogP contribution in [0.25, 0.3) is 10.8 Å². The van der Waals surface area contributed by atoms with E-state index in [1.807, 2.05) is 42.5 Å². The van der Waals surface area contributed by atoms with E-state index in [-0.39, 0.29) is 6.03 Å². The molecule has 0 aliphatic heterocycles. The molecular weight excluding hydrogens is 272 g/mol. The van der Waals surface area contributed by atoms with Crippen LogP contribution in [-0.2, 0) is 0 Å². The van der Waals surface area contributed by atoms with Gasteiger partial charge in [0.2, 0.25) is 0 Å². The normalized spacial score (nSPS) is 14.5. The Kier molecular flexibility index (Phi) is 4.74. The fraction of sp³-hybridized carbons (Fsp3) is 0.316. The second-order valence-electron chi connectivity index (χ2n) is 5.77. The highest BCUT2D eigenvalue weighted by molar-refractivity contribution is 6.01. The maximum atomic E-state index is 12.1. The number of benzene rings is 2. The summed E-state index contributed by atoms with van der Waals surface area (Å²) in [5, 5.41) is 8.10. The van der Waals surface area contributed by atoms with Gasteiger partial charge in [0.1, 0.15) is 0 Å². The van der Waals surface area contributed by atoms with E-state index in [4.69, 9.17) is 0 Å². The first kappa shape index (κ1) is 14.6. The minimum atomic E-state index is -0.132. The van der Waals surface area contributed by atoms with Crippen molar-refractivity contribution >= 4 is 22.5 Å². The van der Waals surface area contributed by atoms with Gasteiger partial charge in [-0.1, -0.05) is 48.0 Å². The van der Waals surface area contributed by atoms with Crippen molar-refractivity contribution < 1.29 is 4.79 Å². The molecule has 2 aromatic carbocycles. The highest BCUT2D eigenvalue weighted by atomic mass is 16.2. The summed E-state index contributed by atoms with van der Waals surface area (Å²) in [5.41, 5.74) is 2.34. The molecule has 0 fully saturated rings. The number of carbonyl (C=O) groups is 1. The Balaban J connectivity index is 1.55. The fourth-order valence-corrected chi connectivity index (χ4v) is 2.97. The maximum Gasteiger partial charge on any atom is 0.319 e. The fourth-order valence-electron chi connectivity index (χ4n) is 2.97. The SMILES string of the molecule is O=C(NCCC1=CCCCC1)Nc1cccc2ccccc12. The lowest BCUT2D eigenvalue weighted by Gasteiger charge is -2.13. The van der Waals surface area contributed by atoms with Gasteiger partial charge in [-0.3, -0.25) is 0 Å². The summed E-state index contributed by atoms with van der Waals surface area (Å²) in [7, 11) is 0. The lowest BCUT2D eigenvalue weighted by Crippen LogP contribution is -2.29. The summed E-state index contributed by atoms with van der Waals surface area (Å²) in [5.74, 6) is 0. The molecule has 0 unspecified atom stereocenters. The second kappa shape index (κ2) is 7.12. The van der Waals surface area contributed by atoms with E-state index in [1.54, 1.807) is 0 Å². The molecule has 0 atom stereocenters. The summed E-state index contributed by atoms with van der Waals surface area (Å²) in [6, 6.07) is 13.9. The number of hydrogen-bond acceptors (Lipinski definition) is 1. The highest BCUT2D eigenvalue weighted by Gasteiger charge is 2.06. The third-order valence-corrected chi connectivity index (χ3v) is 4.15. The van der Waals surface area contributed by atoms with Crippen molar-refractivity contribution in [2.45, 2.75) is 32.1 Å². The van der Waals surface area contributed by atoms with Gasteiger partial charge in [0, 0.05) is 11.9 Å². The van der Waals surface area contributed by atoms with Crippen molar-refractivity contribution in [3.05, 3.63) is 54.1 Å². The second-order valence-corrected chi connectivity index (χ2v) is 5.77. The van der Waals surface area contributed by atoms with Gasteiger partial charge in [-0.15, -0.1) is 0 Å². The quantitative estimate of drug-likeness (QED) is 0.777. The van der Waals surface area contributed by atoms with Crippen molar-refractivity contribution in [1.82, 2.24) is 5.32 Å². The van der Waals surface area contributed by atoms with Gasteiger partial charge in [0.25, 0.3) is 0 Å². The summed E-state index contributed by atoms with van der Waals surface area (Å²) in [6.07, 6.45) is 8.26. The Morgan fingerprint density at radius 1 is 1.05 bits per heavy atom. The number of allylic oxidation sites excluding steroid dienone is 1. The van der Waals surface area contributed by atoms with E-state index in [2.05, 4.69) is 16.7 Å². The summed E-state index contributed by atoms with van der Waals surface area (Å²) in [4.78, 5) is 12.1. The Morgan fingerprint density at radius 3 is 2.77 bits per heavy atom. The lowest BCUT2D eigenvalue weighted by molar-refractivity contribution is 0.252. The zero-order chi connectivity index (χ0) is 15.2. The topological polar surface area (TPSA) is 41.1 Å². The molecule has 22 heavy (non-hydrogen) atoms. The van der Waals surface area contributed by atoms with Crippen molar-refractivity contribution in [2.24, 2.45) is 0 Å². The lowest BCUT2D eigenvalue weighted by atomic mass is 9.97. The van der Waals surface area contributed by atoms with Crippen LogP contribution in [0.1, 0.15) is 32.1 Å². The zero-order valence-electron chi connectivity index (χ0n) is 12.8. The number of amides is 2. The highest BCUT2D eigenvalue weighted by Crippen LogP contribution is 2.23. The largest absolute Gasteiger partial charge is 0.338 e. The first-order chi connectivity index (χ1) is 10.8. The van der Waals surface area contributed by atoms with Crippen molar-refractivity contribution in [3.8, 4) is 0 Å². The summed E-state index contributed by atoms with van der Waals surface area (Å²) < 4.78 is 0. The molecule has 0 saturated carbocycles. The number of anilines is 1. The van der Waals surface area contributed by atoms with Crippen LogP contribution in [0, 0.1) is 0 Å². The number of carbonyl (C=O) groups excluding carboxylic acids is 1. The van der Waals surface area contributed by atoms with Crippen molar-refractivity contribution in [1.29, 1.82) is 0 Å². The monoisotopic (exact) mass is 294 g/mol. The third-order valence-electron chi connectivity index (χ3n) is 4.15. The van der Waals surface area contributed by atoms with Crippen molar-refractivity contribution in [3.63, 3.8) is 0 Å². The number of rotatable bonds is 4. The number of fused-ring (bicyclic) bond motifs is 1. The molecule has 114 valence electrons. The predicted octanol–water partition coefficient (Wildman–Crippen LogP) is 4.85. The Bertz CT molecular complexity index is 685. The number of hydrogen-bond donors (Lipinski definition) is 2. The minimum absolute atomic E-state index is 0.132. The van der Waals surface area contributed by atoms with E-state index < -0.39 is 0 Å². The van der Waals surface area contributed by atoms with Crippen LogP contribution in [0.15, 0.2) is 54.1 Å². The molecule has 0 bridgehead atoms. The summed E-state index contributed by atoms with van der Waals surface area (Å²) >= 11 is 0. The average molecular weight is 294 g/mol. The molecule has 0 heterocycles. The molecule has 3 heteroatoms. The van der Waals surface area contributed by atoms with E-state index in [1.165, 1.54) is 31.3 Å². The molecular formula is C19H22N2O. The van der Waals surface area contributed by atoms with Crippen LogP contribution in [0.2, 0.25) is 0 Å². The van der Waals surface area contributed by atoms with Crippen LogP contribution in [0.5, 0.6) is 0 Å². The Hall–Kier alpha value is -2.29.